The highest BCUT2D eigenvalue weighted by Gasteiger charge is 2.32. The lowest BCUT2D eigenvalue weighted by molar-refractivity contribution is 0.590. The van der Waals surface area contributed by atoms with Gasteiger partial charge in [-0.15, -0.1) is 0 Å². The fourth-order valence-corrected chi connectivity index (χ4v) is 8.55. The summed E-state index contributed by atoms with van der Waals surface area (Å²) in [5.74, 6) is 0. The van der Waals surface area contributed by atoms with Crippen LogP contribution in [0, 0.1) is 22.7 Å². The second-order valence-electron chi connectivity index (χ2n) is 16.8. The van der Waals surface area contributed by atoms with Crippen LogP contribution in [0.3, 0.4) is 0 Å². The minimum Gasteiger partial charge on any atom is -0.307 e. The molecular formula is C52H42N4. The number of nitrogens with zero attached hydrogens (tertiary/aromatic N) is 4. The topological polar surface area (TPSA) is 57.4 Å². The first kappa shape index (κ1) is 34.9. The van der Waals surface area contributed by atoms with E-state index in [0.717, 1.165) is 65.9 Å². The molecule has 0 aliphatic rings. The highest BCUT2D eigenvalue weighted by Crippen LogP contribution is 2.48. The molecule has 0 spiro atoms. The molecule has 4 heteroatoms. The highest BCUT2D eigenvalue weighted by molar-refractivity contribution is 6.13. The van der Waals surface area contributed by atoms with Gasteiger partial charge in [0.1, 0.15) is 12.1 Å². The largest absolute Gasteiger partial charge is 0.307 e. The molecule has 270 valence electrons. The van der Waals surface area contributed by atoms with Crippen molar-refractivity contribution in [2.24, 2.45) is 0 Å². The molecule has 0 N–H and O–H groups in total. The van der Waals surface area contributed by atoms with Crippen LogP contribution in [-0.2, 0) is 10.8 Å². The molecule has 0 radical (unpaired) electrons. The van der Waals surface area contributed by atoms with Crippen LogP contribution in [-0.4, -0.2) is 9.13 Å². The monoisotopic (exact) mass is 722 g/mol. The highest BCUT2D eigenvalue weighted by atomic mass is 15.0. The third kappa shape index (κ3) is 5.33. The van der Waals surface area contributed by atoms with Crippen LogP contribution in [0.1, 0.15) is 63.8 Å². The van der Waals surface area contributed by atoms with E-state index in [4.69, 9.17) is 0 Å². The number of aromatic nitrogens is 2. The van der Waals surface area contributed by atoms with E-state index < -0.39 is 0 Å². The molecule has 0 atom stereocenters. The van der Waals surface area contributed by atoms with Gasteiger partial charge >= 0.3 is 0 Å². The van der Waals surface area contributed by atoms with Gasteiger partial charge in [-0.25, -0.2) is 0 Å². The van der Waals surface area contributed by atoms with Gasteiger partial charge in [-0.2, -0.15) is 10.5 Å². The first-order chi connectivity index (χ1) is 27.0. The van der Waals surface area contributed by atoms with E-state index in [1.165, 1.54) is 11.1 Å². The number of hydrogen-bond acceptors (Lipinski definition) is 2. The first-order valence-electron chi connectivity index (χ1n) is 19.2. The summed E-state index contributed by atoms with van der Waals surface area (Å²) in [4.78, 5) is 0. The average Bonchev–Trinajstić information content (AvgIpc) is 3.72. The van der Waals surface area contributed by atoms with Crippen LogP contribution in [0.4, 0.5) is 0 Å². The SMILES string of the molecule is CC(C)(C)c1ccc(-c2c(C#N)c(-n3c4ccccc4c4ccccc43)c(-c3ccc(C(C)(C)C)cc3)c(C#N)c2-n2c3ccccc3c3ccccc32)cc1. The molecule has 0 amide bonds. The zero-order valence-corrected chi connectivity index (χ0v) is 32.6. The molecule has 56 heavy (non-hydrogen) atoms. The van der Waals surface area contributed by atoms with E-state index in [2.05, 4.69) is 184 Å². The Morgan fingerprint density at radius 2 is 0.643 bits per heavy atom. The van der Waals surface area contributed by atoms with Crippen molar-refractivity contribution in [2.45, 2.75) is 52.4 Å². The summed E-state index contributed by atoms with van der Waals surface area (Å²) in [6.45, 7) is 13.3. The van der Waals surface area contributed by atoms with E-state index >= 15 is 0 Å². The number of para-hydroxylation sites is 4. The molecule has 0 fully saturated rings. The molecule has 9 aromatic rings. The van der Waals surface area contributed by atoms with Crippen molar-refractivity contribution in [1.29, 1.82) is 10.5 Å². The number of rotatable bonds is 4. The molecule has 9 rings (SSSR count). The average molecular weight is 723 g/mol. The van der Waals surface area contributed by atoms with Crippen LogP contribution < -0.4 is 0 Å². The van der Waals surface area contributed by atoms with Gasteiger partial charge in [0.25, 0.3) is 0 Å². The Balaban J connectivity index is 1.56. The summed E-state index contributed by atoms with van der Waals surface area (Å²) in [5, 5.41) is 27.9. The minimum absolute atomic E-state index is 0.0682. The molecule has 4 nitrogen and oxygen atoms in total. The Hall–Kier alpha value is -6.88. The minimum atomic E-state index is -0.0682. The van der Waals surface area contributed by atoms with Gasteiger partial charge in [-0.1, -0.05) is 163 Å². The second kappa shape index (κ2) is 12.9. The van der Waals surface area contributed by atoms with Gasteiger partial charge in [0.2, 0.25) is 0 Å². The van der Waals surface area contributed by atoms with Crippen molar-refractivity contribution in [3.63, 3.8) is 0 Å². The second-order valence-corrected chi connectivity index (χ2v) is 16.8. The van der Waals surface area contributed by atoms with E-state index in [-0.39, 0.29) is 10.8 Å². The summed E-state index contributed by atoms with van der Waals surface area (Å²) >= 11 is 0. The van der Waals surface area contributed by atoms with Crippen molar-refractivity contribution in [1.82, 2.24) is 9.13 Å². The molecule has 0 saturated carbocycles. The summed E-state index contributed by atoms with van der Waals surface area (Å²) in [7, 11) is 0. The van der Waals surface area contributed by atoms with Crippen LogP contribution >= 0.6 is 0 Å². The first-order valence-corrected chi connectivity index (χ1v) is 19.2. The Morgan fingerprint density at radius 3 is 0.893 bits per heavy atom. The van der Waals surface area contributed by atoms with Crippen LogP contribution in [0.25, 0.3) is 77.2 Å². The molecule has 2 heterocycles. The predicted octanol–water partition coefficient (Wildman–Crippen LogP) is 13.6. The molecule has 0 aliphatic carbocycles. The van der Waals surface area contributed by atoms with Gasteiger partial charge in [-0.3, -0.25) is 0 Å². The molecular weight excluding hydrogens is 681 g/mol. The van der Waals surface area contributed by atoms with E-state index in [0.29, 0.717) is 22.5 Å². The Kier molecular flexibility index (Phi) is 8.01. The number of nitriles is 2. The Bertz CT molecular complexity index is 2770. The quantitative estimate of drug-likeness (QED) is 0.182. The number of hydrogen-bond donors (Lipinski definition) is 0. The van der Waals surface area contributed by atoms with Gasteiger partial charge in [0.05, 0.1) is 44.6 Å². The van der Waals surface area contributed by atoms with Crippen molar-refractivity contribution < 1.29 is 0 Å². The Labute approximate surface area is 328 Å². The maximum Gasteiger partial charge on any atom is 0.102 e. The van der Waals surface area contributed by atoms with Crippen LogP contribution in [0.15, 0.2) is 146 Å². The summed E-state index contributed by atoms with van der Waals surface area (Å²) in [6.07, 6.45) is 0. The predicted molar refractivity (Wildman–Crippen MR) is 233 cm³/mol. The molecule has 0 bridgehead atoms. The van der Waals surface area contributed by atoms with E-state index in [1.54, 1.807) is 0 Å². The molecule has 0 saturated heterocycles. The van der Waals surface area contributed by atoms with Crippen molar-refractivity contribution in [2.75, 3.05) is 0 Å². The van der Waals surface area contributed by atoms with E-state index in [9.17, 15) is 10.5 Å². The van der Waals surface area contributed by atoms with Gasteiger partial charge in [0, 0.05) is 32.7 Å². The lowest BCUT2D eigenvalue weighted by atomic mass is 9.82. The normalized spacial score (nSPS) is 12.1. The van der Waals surface area contributed by atoms with Crippen LogP contribution in [0.5, 0.6) is 0 Å². The smallest absolute Gasteiger partial charge is 0.102 e. The van der Waals surface area contributed by atoms with Gasteiger partial charge in [0.15, 0.2) is 0 Å². The van der Waals surface area contributed by atoms with Crippen molar-refractivity contribution in [3.8, 4) is 45.8 Å². The third-order valence-corrected chi connectivity index (χ3v) is 11.4. The van der Waals surface area contributed by atoms with E-state index in [1.807, 2.05) is 24.3 Å². The fourth-order valence-electron chi connectivity index (χ4n) is 8.55. The standard InChI is InChI=1S/C52H42N4/c1-51(2,3)35-27-23-33(24-28-35)47-41(31-53)50(56-45-21-13-9-17-39(45)40-18-10-14-22-46(40)56)48(34-25-29-36(30-26-34)52(4,5)6)42(32-54)49(47)55-43-19-11-7-15-37(43)38-16-8-12-20-44(38)55/h7-30H,1-6H3. The fraction of sp³-hybridized carbons (Fsp3) is 0.154. The molecule has 2 aromatic heterocycles. The van der Waals surface area contributed by atoms with Gasteiger partial charge in [-0.05, 0) is 57.3 Å². The van der Waals surface area contributed by atoms with Gasteiger partial charge < -0.3 is 9.13 Å². The third-order valence-electron chi connectivity index (χ3n) is 11.4. The summed E-state index contributed by atoms with van der Waals surface area (Å²) < 4.78 is 4.44. The molecule has 7 aromatic carbocycles. The maximum absolute atomic E-state index is 11.8. The maximum atomic E-state index is 11.8. The summed E-state index contributed by atoms with van der Waals surface area (Å²) in [5.41, 5.74) is 11.7. The van der Waals surface area contributed by atoms with Crippen LogP contribution in [0.2, 0.25) is 0 Å². The number of benzene rings is 7. The number of fused-ring (bicyclic) bond motifs is 6. The lowest BCUT2D eigenvalue weighted by Crippen LogP contribution is -2.13. The van der Waals surface area contributed by atoms with Crippen molar-refractivity contribution >= 4 is 43.6 Å². The molecule has 0 aliphatic heterocycles. The molecule has 0 unspecified atom stereocenters. The Morgan fingerprint density at radius 1 is 0.375 bits per heavy atom. The zero-order valence-electron chi connectivity index (χ0n) is 32.6. The van der Waals surface area contributed by atoms with Crippen molar-refractivity contribution in [3.05, 3.63) is 168 Å². The summed E-state index contributed by atoms with van der Waals surface area (Å²) in [6, 6.07) is 56.2. The zero-order chi connectivity index (χ0) is 38.9. The lowest BCUT2D eigenvalue weighted by Gasteiger charge is -2.26.